The van der Waals surface area contributed by atoms with Crippen LogP contribution in [0.1, 0.15) is 32.1 Å². The molecule has 4 N–H and O–H groups in total. The number of anilines is 3. The van der Waals surface area contributed by atoms with Crippen LogP contribution in [0.25, 0.3) is 0 Å². The van der Waals surface area contributed by atoms with Gasteiger partial charge in [0.2, 0.25) is 17.8 Å². The monoisotopic (exact) mass is 266 g/mol. The van der Waals surface area contributed by atoms with E-state index in [1.54, 1.807) is 4.90 Å². The zero-order valence-electron chi connectivity index (χ0n) is 11.6. The van der Waals surface area contributed by atoms with Gasteiger partial charge < -0.3 is 21.1 Å². The van der Waals surface area contributed by atoms with Crippen LogP contribution in [-0.4, -0.2) is 46.3 Å². The zero-order chi connectivity index (χ0) is 13.9. The Hall–Kier alpha value is -1.63. The molecule has 0 saturated heterocycles. The lowest BCUT2D eigenvalue weighted by Gasteiger charge is -2.36. The third kappa shape index (κ3) is 3.23. The molecule has 0 unspecified atom stereocenters. The van der Waals surface area contributed by atoms with E-state index in [0.717, 1.165) is 25.7 Å². The molecule has 106 valence electrons. The Kier molecular flexibility index (Phi) is 4.04. The molecule has 2 rings (SSSR count). The van der Waals surface area contributed by atoms with Crippen molar-refractivity contribution in [3.8, 4) is 0 Å². The summed E-state index contributed by atoms with van der Waals surface area (Å²) in [5, 5.41) is 12.9. The molecule has 0 aromatic carbocycles. The van der Waals surface area contributed by atoms with Crippen molar-refractivity contribution in [2.45, 2.75) is 37.6 Å². The molecular formula is C12H22N6O. The Balaban J connectivity index is 2.21. The number of aliphatic hydroxyl groups excluding tert-OH is 1. The second kappa shape index (κ2) is 5.56. The predicted molar refractivity (Wildman–Crippen MR) is 75.1 cm³/mol. The third-order valence-electron chi connectivity index (χ3n) is 3.53. The van der Waals surface area contributed by atoms with Crippen molar-refractivity contribution in [3.63, 3.8) is 0 Å². The van der Waals surface area contributed by atoms with Gasteiger partial charge >= 0.3 is 0 Å². The predicted octanol–water partition coefficient (Wildman–Crippen LogP) is 0.627. The van der Waals surface area contributed by atoms with Gasteiger partial charge in [-0.25, -0.2) is 0 Å². The Morgan fingerprint density at radius 3 is 2.47 bits per heavy atom. The highest BCUT2D eigenvalue weighted by molar-refractivity contribution is 5.42. The highest BCUT2D eigenvalue weighted by Crippen LogP contribution is 2.30. The van der Waals surface area contributed by atoms with Gasteiger partial charge in [-0.3, -0.25) is 0 Å². The number of nitrogens with zero attached hydrogens (tertiary/aromatic N) is 4. The van der Waals surface area contributed by atoms with E-state index < -0.39 is 0 Å². The van der Waals surface area contributed by atoms with Crippen LogP contribution in [-0.2, 0) is 0 Å². The molecule has 1 aromatic rings. The lowest BCUT2D eigenvalue weighted by Crippen LogP contribution is -2.44. The number of hydrogen-bond acceptors (Lipinski definition) is 7. The van der Waals surface area contributed by atoms with Gasteiger partial charge in [0.05, 0.1) is 12.1 Å². The van der Waals surface area contributed by atoms with Crippen molar-refractivity contribution >= 4 is 17.8 Å². The van der Waals surface area contributed by atoms with Gasteiger partial charge in [-0.15, -0.1) is 0 Å². The Bertz CT molecular complexity index is 430. The van der Waals surface area contributed by atoms with Crippen LogP contribution >= 0.6 is 0 Å². The summed E-state index contributed by atoms with van der Waals surface area (Å²) in [6.45, 7) is 0.0793. The number of aliphatic hydroxyl groups is 1. The van der Waals surface area contributed by atoms with Crippen molar-refractivity contribution in [3.05, 3.63) is 0 Å². The van der Waals surface area contributed by atoms with Crippen molar-refractivity contribution in [1.82, 2.24) is 15.0 Å². The molecule has 1 heterocycles. The number of aromatic nitrogens is 3. The smallest absolute Gasteiger partial charge is 0.231 e. The molecule has 1 fully saturated rings. The lowest BCUT2D eigenvalue weighted by atomic mass is 9.82. The number of nitrogen functional groups attached to an aromatic ring is 1. The number of nitrogens with one attached hydrogen (secondary N) is 1. The Morgan fingerprint density at radius 1 is 1.21 bits per heavy atom. The van der Waals surface area contributed by atoms with E-state index in [2.05, 4.69) is 20.3 Å². The molecule has 0 amide bonds. The maximum absolute atomic E-state index is 9.68. The fourth-order valence-electron chi connectivity index (χ4n) is 2.42. The highest BCUT2D eigenvalue weighted by Gasteiger charge is 2.32. The van der Waals surface area contributed by atoms with E-state index in [1.165, 1.54) is 6.42 Å². The van der Waals surface area contributed by atoms with Crippen LogP contribution in [0, 0.1) is 0 Å². The molecule has 19 heavy (non-hydrogen) atoms. The summed E-state index contributed by atoms with van der Waals surface area (Å²) in [5.41, 5.74) is 5.37. The van der Waals surface area contributed by atoms with Gasteiger partial charge in [0.1, 0.15) is 0 Å². The summed E-state index contributed by atoms with van der Waals surface area (Å²) in [6, 6.07) is 0. The molecule has 1 saturated carbocycles. The molecule has 0 radical (unpaired) electrons. The molecule has 0 atom stereocenters. The largest absolute Gasteiger partial charge is 0.394 e. The molecule has 7 nitrogen and oxygen atoms in total. The van der Waals surface area contributed by atoms with Gasteiger partial charge in [0.25, 0.3) is 0 Å². The summed E-state index contributed by atoms with van der Waals surface area (Å²) in [7, 11) is 3.70. The van der Waals surface area contributed by atoms with E-state index in [0.29, 0.717) is 11.9 Å². The molecule has 7 heteroatoms. The molecular weight excluding hydrogens is 244 g/mol. The normalized spacial score (nSPS) is 18.1. The summed E-state index contributed by atoms with van der Waals surface area (Å²) >= 11 is 0. The van der Waals surface area contributed by atoms with Crippen LogP contribution < -0.4 is 16.0 Å². The van der Waals surface area contributed by atoms with E-state index in [1.807, 2.05) is 14.1 Å². The van der Waals surface area contributed by atoms with Crippen LogP contribution in [0.15, 0.2) is 0 Å². The van der Waals surface area contributed by atoms with Gasteiger partial charge in [-0.2, -0.15) is 15.0 Å². The zero-order valence-corrected chi connectivity index (χ0v) is 11.6. The molecule has 0 spiro atoms. The summed E-state index contributed by atoms with van der Waals surface area (Å²) in [4.78, 5) is 14.3. The minimum Gasteiger partial charge on any atom is -0.394 e. The first-order valence-corrected chi connectivity index (χ1v) is 6.63. The second-order valence-corrected chi connectivity index (χ2v) is 5.34. The fourth-order valence-corrected chi connectivity index (χ4v) is 2.42. The van der Waals surface area contributed by atoms with Crippen molar-refractivity contribution in [2.24, 2.45) is 0 Å². The van der Waals surface area contributed by atoms with Crippen molar-refractivity contribution < 1.29 is 5.11 Å². The van der Waals surface area contributed by atoms with Crippen molar-refractivity contribution in [2.75, 3.05) is 36.7 Å². The van der Waals surface area contributed by atoms with Crippen LogP contribution in [0.4, 0.5) is 17.8 Å². The SMILES string of the molecule is CN(C)c1nc(N)nc(NC2(CO)CCCCC2)n1. The van der Waals surface area contributed by atoms with E-state index in [-0.39, 0.29) is 18.1 Å². The molecule has 0 bridgehead atoms. The van der Waals surface area contributed by atoms with Crippen LogP contribution in [0.3, 0.4) is 0 Å². The topological polar surface area (TPSA) is 100 Å². The maximum Gasteiger partial charge on any atom is 0.231 e. The van der Waals surface area contributed by atoms with Gasteiger partial charge in [0.15, 0.2) is 0 Å². The third-order valence-corrected chi connectivity index (χ3v) is 3.53. The Labute approximate surface area is 113 Å². The minimum absolute atomic E-state index is 0.0793. The number of nitrogens with two attached hydrogens (primary N) is 1. The summed E-state index contributed by atoms with van der Waals surface area (Å²) in [6.07, 6.45) is 5.27. The first-order valence-electron chi connectivity index (χ1n) is 6.63. The molecule has 1 aliphatic rings. The van der Waals surface area contributed by atoms with Crippen molar-refractivity contribution in [1.29, 1.82) is 0 Å². The van der Waals surface area contributed by atoms with Gasteiger partial charge in [-0.1, -0.05) is 19.3 Å². The lowest BCUT2D eigenvalue weighted by molar-refractivity contribution is 0.172. The van der Waals surface area contributed by atoms with Gasteiger partial charge in [-0.05, 0) is 12.8 Å². The summed E-state index contributed by atoms with van der Waals surface area (Å²) < 4.78 is 0. The van der Waals surface area contributed by atoms with Crippen LogP contribution in [0.2, 0.25) is 0 Å². The minimum atomic E-state index is -0.324. The highest BCUT2D eigenvalue weighted by atomic mass is 16.3. The first-order chi connectivity index (χ1) is 9.04. The first kappa shape index (κ1) is 13.8. The fraction of sp³-hybridized carbons (Fsp3) is 0.750. The second-order valence-electron chi connectivity index (χ2n) is 5.34. The average Bonchev–Trinajstić information content (AvgIpc) is 2.39. The molecule has 1 aliphatic carbocycles. The molecule has 0 aliphatic heterocycles. The van der Waals surface area contributed by atoms with E-state index >= 15 is 0 Å². The quantitative estimate of drug-likeness (QED) is 0.734. The number of rotatable bonds is 4. The van der Waals surface area contributed by atoms with E-state index in [4.69, 9.17) is 5.73 Å². The summed E-state index contributed by atoms with van der Waals surface area (Å²) in [5.74, 6) is 1.14. The Morgan fingerprint density at radius 2 is 1.89 bits per heavy atom. The number of hydrogen-bond donors (Lipinski definition) is 3. The van der Waals surface area contributed by atoms with E-state index in [9.17, 15) is 5.11 Å². The average molecular weight is 266 g/mol. The van der Waals surface area contributed by atoms with Crippen LogP contribution in [0.5, 0.6) is 0 Å². The molecule has 1 aromatic heterocycles. The standard InChI is InChI=1S/C12H22N6O/c1-18(2)11-15-9(13)14-10(16-11)17-12(8-19)6-4-3-5-7-12/h19H,3-8H2,1-2H3,(H3,13,14,15,16,17). The van der Waals surface area contributed by atoms with Gasteiger partial charge in [0, 0.05) is 14.1 Å². The maximum atomic E-state index is 9.68.